The van der Waals surface area contributed by atoms with Gasteiger partial charge in [0.05, 0.1) is 6.04 Å². The standard InChI is InChI=1S/C17H26N2O2/c1-3-13-4-6-14(7-5-13)12-19(2)17(20)16(18)15-8-10-21-11-9-15/h4-7,15-16H,3,8-12,18H2,1-2H3. The van der Waals surface area contributed by atoms with Crippen molar-refractivity contribution in [2.75, 3.05) is 20.3 Å². The topological polar surface area (TPSA) is 55.6 Å². The zero-order chi connectivity index (χ0) is 15.2. The van der Waals surface area contributed by atoms with Gasteiger partial charge >= 0.3 is 0 Å². The van der Waals surface area contributed by atoms with Crippen LogP contribution in [0.25, 0.3) is 0 Å². The van der Waals surface area contributed by atoms with E-state index in [9.17, 15) is 4.79 Å². The lowest BCUT2D eigenvalue weighted by molar-refractivity contribution is -0.133. The first-order chi connectivity index (χ1) is 10.1. The van der Waals surface area contributed by atoms with Crippen LogP contribution in [0, 0.1) is 5.92 Å². The molecule has 0 saturated carbocycles. The minimum atomic E-state index is -0.409. The van der Waals surface area contributed by atoms with E-state index in [0.717, 1.165) is 24.8 Å². The molecule has 1 aromatic carbocycles. The van der Waals surface area contributed by atoms with Gasteiger partial charge < -0.3 is 15.4 Å². The second kappa shape index (κ2) is 7.57. The Morgan fingerprint density at radius 3 is 2.43 bits per heavy atom. The van der Waals surface area contributed by atoms with Crippen LogP contribution in [0.1, 0.15) is 30.9 Å². The van der Waals surface area contributed by atoms with Crippen molar-refractivity contribution >= 4 is 5.91 Å². The van der Waals surface area contributed by atoms with Crippen molar-refractivity contribution in [3.63, 3.8) is 0 Å². The molecule has 1 atom stereocenters. The number of hydrogen-bond donors (Lipinski definition) is 1. The molecule has 1 unspecified atom stereocenters. The number of nitrogens with zero attached hydrogens (tertiary/aromatic N) is 1. The zero-order valence-electron chi connectivity index (χ0n) is 13.0. The summed E-state index contributed by atoms with van der Waals surface area (Å²) in [6.07, 6.45) is 2.79. The fourth-order valence-electron chi connectivity index (χ4n) is 2.76. The highest BCUT2D eigenvalue weighted by Gasteiger charge is 2.28. The Morgan fingerprint density at radius 1 is 1.29 bits per heavy atom. The fourth-order valence-corrected chi connectivity index (χ4v) is 2.76. The Kier molecular flexibility index (Phi) is 5.76. The van der Waals surface area contributed by atoms with E-state index in [0.29, 0.717) is 19.8 Å². The summed E-state index contributed by atoms with van der Waals surface area (Å²) < 4.78 is 5.33. The molecule has 0 aromatic heterocycles. The van der Waals surface area contributed by atoms with E-state index >= 15 is 0 Å². The Hall–Kier alpha value is -1.39. The number of rotatable bonds is 5. The van der Waals surface area contributed by atoms with Gasteiger partial charge in [0.1, 0.15) is 0 Å². The molecule has 2 N–H and O–H groups in total. The van der Waals surface area contributed by atoms with E-state index in [-0.39, 0.29) is 11.8 Å². The maximum Gasteiger partial charge on any atom is 0.239 e. The van der Waals surface area contributed by atoms with E-state index in [1.165, 1.54) is 5.56 Å². The van der Waals surface area contributed by atoms with Gasteiger partial charge in [-0.2, -0.15) is 0 Å². The SMILES string of the molecule is CCc1ccc(CN(C)C(=O)C(N)C2CCOCC2)cc1. The molecule has 1 saturated heterocycles. The van der Waals surface area contributed by atoms with Crippen molar-refractivity contribution in [1.82, 2.24) is 4.90 Å². The number of carbonyl (C=O) groups excluding carboxylic acids is 1. The average molecular weight is 290 g/mol. The van der Waals surface area contributed by atoms with E-state index in [1.807, 2.05) is 7.05 Å². The Labute approximate surface area is 127 Å². The van der Waals surface area contributed by atoms with E-state index in [4.69, 9.17) is 10.5 Å². The van der Waals surface area contributed by atoms with Crippen LogP contribution >= 0.6 is 0 Å². The highest BCUT2D eigenvalue weighted by atomic mass is 16.5. The Morgan fingerprint density at radius 2 is 1.86 bits per heavy atom. The Bertz CT molecular complexity index is 452. The van der Waals surface area contributed by atoms with Gasteiger partial charge in [-0.15, -0.1) is 0 Å². The van der Waals surface area contributed by atoms with Crippen molar-refractivity contribution in [3.05, 3.63) is 35.4 Å². The summed E-state index contributed by atoms with van der Waals surface area (Å²) in [4.78, 5) is 14.2. The van der Waals surface area contributed by atoms with Crippen molar-refractivity contribution in [2.45, 2.75) is 38.8 Å². The number of nitrogens with two attached hydrogens (primary N) is 1. The highest BCUT2D eigenvalue weighted by Crippen LogP contribution is 2.19. The van der Waals surface area contributed by atoms with Crippen LogP contribution in [0.15, 0.2) is 24.3 Å². The van der Waals surface area contributed by atoms with E-state index in [1.54, 1.807) is 4.90 Å². The number of ether oxygens (including phenoxy) is 1. The number of aryl methyl sites for hydroxylation is 1. The maximum absolute atomic E-state index is 12.4. The summed E-state index contributed by atoms with van der Waals surface area (Å²) >= 11 is 0. The minimum Gasteiger partial charge on any atom is -0.381 e. The van der Waals surface area contributed by atoms with Crippen molar-refractivity contribution in [1.29, 1.82) is 0 Å². The molecule has 1 amide bonds. The third kappa shape index (κ3) is 4.29. The smallest absolute Gasteiger partial charge is 0.239 e. The first-order valence-corrected chi connectivity index (χ1v) is 7.78. The van der Waals surface area contributed by atoms with Crippen LogP contribution in [-0.4, -0.2) is 37.1 Å². The molecule has 0 aliphatic carbocycles. The van der Waals surface area contributed by atoms with E-state index in [2.05, 4.69) is 31.2 Å². The number of benzene rings is 1. The van der Waals surface area contributed by atoms with Crippen molar-refractivity contribution in [2.24, 2.45) is 11.7 Å². The summed E-state index contributed by atoms with van der Waals surface area (Å²) in [6, 6.07) is 8.00. The molecule has 0 spiro atoms. The number of carbonyl (C=O) groups is 1. The van der Waals surface area contributed by atoms with Gasteiger partial charge in [0, 0.05) is 26.8 Å². The normalized spacial score (nSPS) is 17.5. The van der Waals surface area contributed by atoms with Gasteiger partial charge in [0.15, 0.2) is 0 Å². The second-order valence-electron chi connectivity index (χ2n) is 5.84. The van der Waals surface area contributed by atoms with Gasteiger partial charge in [-0.1, -0.05) is 31.2 Å². The molecule has 2 rings (SSSR count). The predicted molar refractivity (Wildman–Crippen MR) is 83.8 cm³/mol. The van der Waals surface area contributed by atoms with Crippen LogP contribution in [0.4, 0.5) is 0 Å². The van der Waals surface area contributed by atoms with E-state index < -0.39 is 6.04 Å². The lowest BCUT2D eigenvalue weighted by Gasteiger charge is -2.29. The largest absolute Gasteiger partial charge is 0.381 e. The first kappa shape index (κ1) is 16.0. The summed E-state index contributed by atoms with van der Waals surface area (Å²) in [5.74, 6) is 0.276. The molecule has 0 bridgehead atoms. The molecule has 4 nitrogen and oxygen atoms in total. The quantitative estimate of drug-likeness (QED) is 0.902. The molecule has 1 aromatic rings. The molecule has 1 aliphatic rings. The maximum atomic E-state index is 12.4. The van der Waals surface area contributed by atoms with Gasteiger partial charge in [0.25, 0.3) is 0 Å². The van der Waals surface area contributed by atoms with Crippen molar-refractivity contribution < 1.29 is 9.53 Å². The number of hydrogen-bond acceptors (Lipinski definition) is 3. The second-order valence-corrected chi connectivity index (χ2v) is 5.84. The zero-order valence-corrected chi connectivity index (χ0v) is 13.0. The number of likely N-dealkylation sites (N-methyl/N-ethyl adjacent to an activating group) is 1. The summed E-state index contributed by atoms with van der Waals surface area (Å²) in [6.45, 7) is 4.18. The van der Waals surface area contributed by atoms with Crippen LogP contribution in [0.5, 0.6) is 0 Å². The number of amides is 1. The highest BCUT2D eigenvalue weighted by molar-refractivity contribution is 5.81. The first-order valence-electron chi connectivity index (χ1n) is 7.78. The average Bonchev–Trinajstić information content (AvgIpc) is 2.55. The van der Waals surface area contributed by atoms with Crippen LogP contribution in [0.2, 0.25) is 0 Å². The molecular formula is C17H26N2O2. The summed E-state index contributed by atoms with van der Waals surface area (Å²) in [5, 5.41) is 0. The third-order valence-corrected chi connectivity index (χ3v) is 4.29. The van der Waals surface area contributed by atoms with Gasteiger partial charge in [-0.05, 0) is 36.3 Å². The third-order valence-electron chi connectivity index (χ3n) is 4.29. The molecule has 21 heavy (non-hydrogen) atoms. The van der Waals surface area contributed by atoms with Gasteiger partial charge in [-0.25, -0.2) is 0 Å². The molecule has 1 heterocycles. The van der Waals surface area contributed by atoms with Crippen LogP contribution in [0.3, 0.4) is 0 Å². The monoisotopic (exact) mass is 290 g/mol. The molecule has 1 fully saturated rings. The molecule has 4 heteroatoms. The van der Waals surface area contributed by atoms with Crippen molar-refractivity contribution in [3.8, 4) is 0 Å². The lowest BCUT2D eigenvalue weighted by atomic mass is 9.91. The predicted octanol–water partition coefficient (Wildman–Crippen LogP) is 1.96. The lowest BCUT2D eigenvalue weighted by Crippen LogP contribution is -2.47. The molecule has 116 valence electrons. The molecule has 1 aliphatic heterocycles. The van der Waals surface area contributed by atoms with Gasteiger partial charge in [0.2, 0.25) is 5.91 Å². The molecular weight excluding hydrogens is 264 g/mol. The fraction of sp³-hybridized carbons (Fsp3) is 0.588. The molecule has 0 radical (unpaired) electrons. The van der Waals surface area contributed by atoms with Crippen LogP contribution in [-0.2, 0) is 22.5 Å². The summed E-state index contributed by atoms with van der Waals surface area (Å²) in [7, 11) is 1.83. The van der Waals surface area contributed by atoms with Gasteiger partial charge in [-0.3, -0.25) is 4.79 Å². The van der Waals surface area contributed by atoms with Crippen LogP contribution < -0.4 is 5.73 Å². The Balaban J connectivity index is 1.91. The summed E-state index contributed by atoms with van der Waals surface area (Å²) in [5.41, 5.74) is 8.60. The minimum absolute atomic E-state index is 0.0291.